The van der Waals surface area contributed by atoms with Gasteiger partial charge in [0.25, 0.3) is 17.7 Å². The van der Waals surface area contributed by atoms with Crippen LogP contribution in [0, 0.1) is 0 Å². The Morgan fingerprint density at radius 3 is 2.00 bits per heavy atom. The number of hydrogen-bond donors (Lipinski definition) is 2. The first-order chi connectivity index (χ1) is 15.5. The summed E-state index contributed by atoms with van der Waals surface area (Å²) in [5.74, 6) is -2.80. The molecule has 1 atom stereocenters. The van der Waals surface area contributed by atoms with Gasteiger partial charge in [0.15, 0.2) is 6.10 Å². The number of imide groups is 1. The van der Waals surface area contributed by atoms with Gasteiger partial charge in [0.1, 0.15) is 6.54 Å². The standard InChI is InChI=1S/C22H23N3O7S/c1-13(2)24-33(30,31)16-10-8-15(9-11-16)23-20(27)14(3)32-19(26)12-25-21(28)17-6-4-5-7-18(17)22(25)29/h4-11,13-14,24H,12H2,1-3H3,(H,23,27). The van der Waals surface area contributed by atoms with Gasteiger partial charge in [-0.05, 0) is 57.2 Å². The van der Waals surface area contributed by atoms with E-state index in [0.717, 1.165) is 4.90 Å². The molecule has 1 unspecified atom stereocenters. The third-order valence-electron chi connectivity index (χ3n) is 4.67. The molecule has 0 saturated carbocycles. The highest BCUT2D eigenvalue weighted by Gasteiger charge is 2.37. The van der Waals surface area contributed by atoms with E-state index in [1.807, 2.05) is 0 Å². The van der Waals surface area contributed by atoms with Gasteiger partial charge >= 0.3 is 5.97 Å². The molecule has 0 aliphatic carbocycles. The number of fused-ring (bicyclic) bond motifs is 1. The van der Waals surface area contributed by atoms with Crippen molar-refractivity contribution in [3.63, 3.8) is 0 Å². The van der Waals surface area contributed by atoms with Crippen LogP contribution in [0.2, 0.25) is 0 Å². The summed E-state index contributed by atoms with van der Waals surface area (Å²) in [4.78, 5) is 50.0. The smallest absolute Gasteiger partial charge is 0.326 e. The minimum absolute atomic E-state index is 0.0367. The highest BCUT2D eigenvalue weighted by Crippen LogP contribution is 2.22. The number of carbonyl (C=O) groups excluding carboxylic acids is 4. The van der Waals surface area contributed by atoms with Crippen molar-refractivity contribution in [2.75, 3.05) is 11.9 Å². The lowest BCUT2D eigenvalue weighted by molar-refractivity contribution is -0.153. The number of amides is 3. The molecule has 33 heavy (non-hydrogen) atoms. The first-order valence-corrected chi connectivity index (χ1v) is 11.6. The van der Waals surface area contributed by atoms with Crippen LogP contribution >= 0.6 is 0 Å². The second-order valence-corrected chi connectivity index (χ2v) is 9.38. The third kappa shape index (κ3) is 5.44. The van der Waals surface area contributed by atoms with Gasteiger partial charge in [0.05, 0.1) is 16.0 Å². The van der Waals surface area contributed by atoms with Gasteiger partial charge in [0.2, 0.25) is 10.0 Å². The average molecular weight is 474 g/mol. The summed E-state index contributed by atoms with van der Waals surface area (Å²) in [7, 11) is -3.67. The van der Waals surface area contributed by atoms with Crippen LogP contribution in [0.4, 0.5) is 5.69 Å². The second-order valence-electron chi connectivity index (χ2n) is 7.66. The number of esters is 1. The first-order valence-electron chi connectivity index (χ1n) is 10.1. The molecule has 1 heterocycles. The maximum Gasteiger partial charge on any atom is 0.326 e. The second kappa shape index (κ2) is 9.51. The molecule has 0 aromatic heterocycles. The first kappa shape index (κ1) is 24.1. The lowest BCUT2D eigenvalue weighted by Crippen LogP contribution is -2.38. The molecule has 0 saturated heterocycles. The van der Waals surface area contributed by atoms with Gasteiger partial charge in [-0.25, -0.2) is 13.1 Å². The van der Waals surface area contributed by atoms with Crippen molar-refractivity contribution in [1.82, 2.24) is 9.62 Å². The largest absolute Gasteiger partial charge is 0.451 e. The van der Waals surface area contributed by atoms with Crippen LogP contribution in [0.3, 0.4) is 0 Å². The molecule has 0 radical (unpaired) electrons. The van der Waals surface area contributed by atoms with Gasteiger partial charge in [-0.15, -0.1) is 0 Å². The molecule has 0 bridgehead atoms. The van der Waals surface area contributed by atoms with E-state index in [1.54, 1.807) is 26.0 Å². The molecule has 10 nitrogen and oxygen atoms in total. The van der Waals surface area contributed by atoms with E-state index in [1.165, 1.54) is 43.3 Å². The summed E-state index contributed by atoms with van der Waals surface area (Å²) < 4.78 is 31.8. The number of ether oxygens (including phenoxy) is 1. The van der Waals surface area contributed by atoms with Crippen molar-refractivity contribution in [3.05, 3.63) is 59.7 Å². The van der Waals surface area contributed by atoms with Gasteiger partial charge in [-0.2, -0.15) is 0 Å². The van der Waals surface area contributed by atoms with Crippen LogP contribution < -0.4 is 10.0 Å². The molecular formula is C22H23N3O7S. The Bertz CT molecular complexity index is 1170. The van der Waals surface area contributed by atoms with Crippen molar-refractivity contribution >= 4 is 39.4 Å². The summed E-state index contributed by atoms with van der Waals surface area (Å²) in [6.45, 7) is 4.10. The zero-order chi connectivity index (χ0) is 24.3. The van der Waals surface area contributed by atoms with Crippen LogP contribution in [0.1, 0.15) is 41.5 Å². The van der Waals surface area contributed by atoms with Gasteiger partial charge in [0, 0.05) is 11.7 Å². The summed E-state index contributed by atoms with van der Waals surface area (Å²) in [5.41, 5.74) is 0.706. The van der Waals surface area contributed by atoms with E-state index in [0.29, 0.717) is 5.69 Å². The fourth-order valence-electron chi connectivity index (χ4n) is 3.14. The van der Waals surface area contributed by atoms with Gasteiger partial charge in [-0.3, -0.25) is 24.1 Å². The van der Waals surface area contributed by atoms with Crippen molar-refractivity contribution in [3.8, 4) is 0 Å². The minimum atomic E-state index is -3.67. The Morgan fingerprint density at radius 1 is 0.939 bits per heavy atom. The molecule has 1 aliphatic heterocycles. The number of nitrogens with zero attached hydrogens (tertiary/aromatic N) is 1. The summed E-state index contributed by atoms with van der Waals surface area (Å²) in [6, 6.07) is 11.4. The average Bonchev–Trinajstić information content (AvgIpc) is 2.98. The summed E-state index contributed by atoms with van der Waals surface area (Å²) >= 11 is 0. The fourth-order valence-corrected chi connectivity index (χ4v) is 4.39. The summed E-state index contributed by atoms with van der Waals surface area (Å²) in [6.07, 6.45) is -1.22. The van der Waals surface area contributed by atoms with Gasteiger partial charge in [-0.1, -0.05) is 12.1 Å². The molecule has 2 N–H and O–H groups in total. The third-order valence-corrected chi connectivity index (χ3v) is 6.34. The highest BCUT2D eigenvalue weighted by atomic mass is 32.2. The predicted molar refractivity (Wildman–Crippen MR) is 118 cm³/mol. The van der Waals surface area contributed by atoms with Crippen LogP contribution in [-0.4, -0.2) is 55.7 Å². The van der Waals surface area contributed by atoms with Crippen LogP contribution in [0.25, 0.3) is 0 Å². The number of rotatable bonds is 8. The molecule has 0 fully saturated rings. The van der Waals surface area contributed by atoms with Crippen molar-refractivity contribution < 1.29 is 32.3 Å². The van der Waals surface area contributed by atoms with E-state index in [9.17, 15) is 27.6 Å². The molecule has 3 amide bonds. The molecule has 11 heteroatoms. The highest BCUT2D eigenvalue weighted by molar-refractivity contribution is 7.89. The van der Waals surface area contributed by atoms with Gasteiger partial charge < -0.3 is 10.1 Å². The monoisotopic (exact) mass is 473 g/mol. The van der Waals surface area contributed by atoms with E-state index in [-0.39, 0.29) is 22.1 Å². The van der Waals surface area contributed by atoms with Crippen molar-refractivity contribution in [2.24, 2.45) is 0 Å². The van der Waals surface area contributed by atoms with E-state index in [2.05, 4.69) is 10.0 Å². The minimum Gasteiger partial charge on any atom is -0.451 e. The molecule has 2 aromatic rings. The molecule has 0 spiro atoms. The number of sulfonamides is 1. The number of anilines is 1. The Balaban J connectivity index is 1.56. The maximum absolute atomic E-state index is 12.4. The maximum atomic E-state index is 12.4. The molecule has 2 aromatic carbocycles. The number of hydrogen-bond acceptors (Lipinski definition) is 7. The number of benzene rings is 2. The zero-order valence-electron chi connectivity index (χ0n) is 18.2. The number of nitrogens with one attached hydrogen (secondary N) is 2. The Labute approximate surface area is 191 Å². The van der Waals surface area contributed by atoms with Crippen LogP contribution in [-0.2, 0) is 24.3 Å². The quantitative estimate of drug-likeness (QED) is 0.438. The number of carbonyl (C=O) groups is 4. The topological polar surface area (TPSA) is 139 Å². The van der Waals surface area contributed by atoms with Crippen molar-refractivity contribution in [2.45, 2.75) is 37.8 Å². The lowest BCUT2D eigenvalue weighted by Gasteiger charge is -2.17. The van der Waals surface area contributed by atoms with E-state index >= 15 is 0 Å². The lowest BCUT2D eigenvalue weighted by atomic mass is 10.1. The SMILES string of the molecule is CC(C)NS(=O)(=O)c1ccc(NC(=O)C(C)OC(=O)CN2C(=O)c3ccccc3C2=O)cc1. The normalized spacial score (nSPS) is 14.2. The van der Waals surface area contributed by atoms with Crippen LogP contribution in [0.15, 0.2) is 53.4 Å². The Kier molecular flexibility index (Phi) is 6.94. The molecule has 3 rings (SSSR count). The zero-order valence-corrected chi connectivity index (χ0v) is 19.0. The molecule has 174 valence electrons. The van der Waals surface area contributed by atoms with Crippen molar-refractivity contribution in [1.29, 1.82) is 0 Å². The summed E-state index contributed by atoms with van der Waals surface area (Å²) in [5, 5.41) is 2.51. The molecular weight excluding hydrogens is 450 g/mol. The van der Waals surface area contributed by atoms with E-state index in [4.69, 9.17) is 4.74 Å². The Morgan fingerprint density at radius 2 is 1.48 bits per heavy atom. The van der Waals surface area contributed by atoms with Crippen LogP contribution in [0.5, 0.6) is 0 Å². The predicted octanol–water partition coefficient (Wildman–Crippen LogP) is 1.54. The Hall–Kier alpha value is -3.57. The van der Waals surface area contributed by atoms with E-state index < -0.39 is 46.4 Å². The molecule has 1 aliphatic rings. The fraction of sp³-hybridized carbons (Fsp3) is 0.273.